The summed E-state index contributed by atoms with van der Waals surface area (Å²) >= 11 is 0. The largest absolute Gasteiger partial charge is 0.495 e. The van der Waals surface area contributed by atoms with E-state index >= 15 is 0 Å². The molecule has 8 nitrogen and oxygen atoms in total. The van der Waals surface area contributed by atoms with E-state index in [0.717, 1.165) is 53.1 Å². The monoisotopic (exact) mass is 605 g/mol. The van der Waals surface area contributed by atoms with Crippen LogP contribution in [0.4, 0.5) is 5.69 Å². The molecular weight excluding hydrogens is 562 g/mol. The predicted octanol–water partition coefficient (Wildman–Crippen LogP) is 5.76. The van der Waals surface area contributed by atoms with Gasteiger partial charge in [0.1, 0.15) is 18.3 Å². The molecule has 0 aromatic heterocycles. The third-order valence-corrected chi connectivity index (χ3v) is 9.93. The van der Waals surface area contributed by atoms with Crippen LogP contribution in [0.1, 0.15) is 62.1 Å². The number of anilines is 1. The van der Waals surface area contributed by atoms with Gasteiger partial charge >= 0.3 is 0 Å². The zero-order valence-electron chi connectivity index (χ0n) is 25.6. The number of amides is 2. The summed E-state index contributed by atoms with van der Waals surface area (Å²) in [5.74, 6) is -0.357. The van der Waals surface area contributed by atoms with Crippen molar-refractivity contribution < 1.29 is 22.7 Å². The third-order valence-electron chi connectivity index (χ3n) is 8.15. The van der Waals surface area contributed by atoms with Crippen molar-refractivity contribution in [2.45, 2.75) is 82.8 Å². The van der Waals surface area contributed by atoms with Gasteiger partial charge in [-0.1, -0.05) is 74.7 Å². The van der Waals surface area contributed by atoms with Crippen LogP contribution in [-0.2, 0) is 26.2 Å². The number of methoxy groups -OCH3 is 1. The highest BCUT2D eigenvalue weighted by Crippen LogP contribution is 2.34. The van der Waals surface area contributed by atoms with Gasteiger partial charge in [0.15, 0.2) is 0 Å². The van der Waals surface area contributed by atoms with Crippen LogP contribution in [-0.4, -0.2) is 50.9 Å². The summed E-state index contributed by atoms with van der Waals surface area (Å²) in [4.78, 5) is 29.7. The van der Waals surface area contributed by atoms with E-state index in [4.69, 9.17) is 4.74 Å². The molecule has 1 fully saturated rings. The average molecular weight is 606 g/mol. The van der Waals surface area contributed by atoms with Crippen molar-refractivity contribution in [1.29, 1.82) is 0 Å². The molecule has 0 saturated heterocycles. The Hall–Kier alpha value is -3.85. The number of ether oxygens (including phenoxy) is 1. The minimum Gasteiger partial charge on any atom is -0.495 e. The van der Waals surface area contributed by atoms with Crippen LogP contribution in [0.15, 0.2) is 77.7 Å². The molecule has 1 atom stereocenters. The Bertz CT molecular complexity index is 1500. The highest BCUT2D eigenvalue weighted by molar-refractivity contribution is 7.92. The van der Waals surface area contributed by atoms with Crippen LogP contribution in [0.2, 0.25) is 0 Å². The molecule has 3 aromatic rings. The summed E-state index contributed by atoms with van der Waals surface area (Å²) in [5.41, 5.74) is 2.95. The molecule has 1 saturated carbocycles. The first-order valence-corrected chi connectivity index (χ1v) is 16.5. The summed E-state index contributed by atoms with van der Waals surface area (Å²) < 4.78 is 34.9. The fourth-order valence-electron chi connectivity index (χ4n) is 5.66. The summed E-state index contributed by atoms with van der Waals surface area (Å²) in [7, 11) is -2.71. The minimum atomic E-state index is -4.18. The molecule has 4 rings (SSSR count). The van der Waals surface area contributed by atoms with Crippen molar-refractivity contribution >= 4 is 27.5 Å². The Balaban J connectivity index is 1.76. The molecule has 1 unspecified atom stereocenters. The first-order valence-electron chi connectivity index (χ1n) is 15.0. The molecule has 1 aliphatic carbocycles. The molecule has 230 valence electrons. The van der Waals surface area contributed by atoms with E-state index in [1.807, 2.05) is 51.1 Å². The van der Waals surface area contributed by atoms with Gasteiger partial charge in [0.25, 0.3) is 10.0 Å². The number of sulfonamides is 1. The molecule has 2 amide bonds. The Labute approximate surface area is 256 Å². The number of aryl methyl sites for hydroxylation is 2. The van der Waals surface area contributed by atoms with Crippen LogP contribution in [0.3, 0.4) is 0 Å². The molecule has 43 heavy (non-hydrogen) atoms. The number of carbonyl (C=O) groups excluding carboxylic acids is 2. The van der Waals surface area contributed by atoms with Gasteiger partial charge in [0.05, 0.1) is 17.7 Å². The smallest absolute Gasteiger partial charge is 0.264 e. The Morgan fingerprint density at radius 1 is 0.953 bits per heavy atom. The maximum absolute atomic E-state index is 14.4. The molecule has 0 bridgehead atoms. The number of carbonyl (C=O) groups is 2. The van der Waals surface area contributed by atoms with Gasteiger partial charge in [-0.05, 0) is 74.1 Å². The Morgan fingerprint density at radius 3 is 2.28 bits per heavy atom. The van der Waals surface area contributed by atoms with E-state index in [2.05, 4.69) is 5.32 Å². The lowest BCUT2D eigenvalue weighted by molar-refractivity contribution is -0.140. The first kappa shape index (κ1) is 32.1. The lowest BCUT2D eigenvalue weighted by Crippen LogP contribution is -2.54. The third kappa shape index (κ3) is 7.76. The van der Waals surface area contributed by atoms with E-state index < -0.39 is 28.5 Å². The fourth-order valence-corrected chi connectivity index (χ4v) is 7.10. The predicted molar refractivity (Wildman–Crippen MR) is 170 cm³/mol. The second-order valence-electron chi connectivity index (χ2n) is 11.2. The zero-order chi connectivity index (χ0) is 31.0. The lowest BCUT2D eigenvalue weighted by atomic mass is 9.95. The molecule has 0 heterocycles. The maximum atomic E-state index is 14.4. The van der Waals surface area contributed by atoms with Gasteiger partial charge in [0, 0.05) is 12.6 Å². The minimum absolute atomic E-state index is 0.0545. The normalized spacial score (nSPS) is 14.5. The van der Waals surface area contributed by atoms with Gasteiger partial charge in [-0.2, -0.15) is 0 Å². The highest BCUT2D eigenvalue weighted by atomic mass is 32.2. The maximum Gasteiger partial charge on any atom is 0.264 e. The fraction of sp³-hybridized carbons (Fsp3) is 0.412. The number of hydrogen-bond acceptors (Lipinski definition) is 5. The van der Waals surface area contributed by atoms with Gasteiger partial charge in [-0.15, -0.1) is 0 Å². The number of nitrogens with zero attached hydrogens (tertiary/aromatic N) is 2. The van der Waals surface area contributed by atoms with Crippen molar-refractivity contribution in [3.63, 3.8) is 0 Å². The van der Waals surface area contributed by atoms with Crippen LogP contribution in [0.5, 0.6) is 5.75 Å². The molecule has 0 spiro atoms. The number of benzene rings is 3. The molecule has 1 aliphatic rings. The van der Waals surface area contributed by atoms with Crippen molar-refractivity contribution in [3.8, 4) is 5.75 Å². The molecule has 9 heteroatoms. The summed E-state index contributed by atoms with van der Waals surface area (Å²) in [6, 6.07) is 20.3. The summed E-state index contributed by atoms with van der Waals surface area (Å²) in [6.45, 7) is 5.36. The number of hydrogen-bond donors (Lipinski definition) is 1. The Kier molecular flexibility index (Phi) is 10.9. The molecule has 0 radical (unpaired) electrons. The van der Waals surface area contributed by atoms with E-state index in [9.17, 15) is 18.0 Å². The first-order chi connectivity index (χ1) is 20.6. The highest BCUT2D eigenvalue weighted by Gasteiger charge is 2.35. The SMILES string of the molecule is CCC(C(=O)NC1CCCCC1)N(Cc1ccccc1C)C(=O)CN(c1cc(C)ccc1OC)S(=O)(=O)c1ccccc1. The second-order valence-corrected chi connectivity index (χ2v) is 13.1. The van der Waals surface area contributed by atoms with Crippen molar-refractivity contribution in [3.05, 3.63) is 89.5 Å². The van der Waals surface area contributed by atoms with Crippen LogP contribution < -0.4 is 14.4 Å². The van der Waals surface area contributed by atoms with Crippen molar-refractivity contribution in [2.24, 2.45) is 0 Å². The topological polar surface area (TPSA) is 96.0 Å². The van der Waals surface area contributed by atoms with Crippen LogP contribution in [0, 0.1) is 13.8 Å². The van der Waals surface area contributed by atoms with E-state index in [-0.39, 0.29) is 29.1 Å². The van der Waals surface area contributed by atoms with Crippen LogP contribution in [0.25, 0.3) is 0 Å². The van der Waals surface area contributed by atoms with Crippen LogP contribution >= 0.6 is 0 Å². The van der Waals surface area contributed by atoms with Crippen molar-refractivity contribution in [1.82, 2.24) is 10.2 Å². The number of rotatable bonds is 12. The van der Waals surface area contributed by atoms with E-state index in [0.29, 0.717) is 12.2 Å². The van der Waals surface area contributed by atoms with Gasteiger partial charge in [-0.25, -0.2) is 8.42 Å². The lowest BCUT2D eigenvalue weighted by Gasteiger charge is -2.35. The molecule has 3 aromatic carbocycles. The van der Waals surface area contributed by atoms with E-state index in [1.165, 1.54) is 24.1 Å². The zero-order valence-corrected chi connectivity index (χ0v) is 26.4. The summed E-state index contributed by atoms with van der Waals surface area (Å²) in [6.07, 6.45) is 5.52. The van der Waals surface area contributed by atoms with Crippen molar-refractivity contribution in [2.75, 3.05) is 18.0 Å². The average Bonchev–Trinajstić information content (AvgIpc) is 3.01. The van der Waals surface area contributed by atoms with Gasteiger partial charge in [0.2, 0.25) is 11.8 Å². The summed E-state index contributed by atoms with van der Waals surface area (Å²) in [5, 5.41) is 3.19. The second kappa shape index (κ2) is 14.6. The Morgan fingerprint density at radius 2 is 1.63 bits per heavy atom. The molecule has 0 aliphatic heterocycles. The van der Waals surface area contributed by atoms with Gasteiger partial charge in [-0.3, -0.25) is 13.9 Å². The van der Waals surface area contributed by atoms with E-state index in [1.54, 1.807) is 30.3 Å². The van der Waals surface area contributed by atoms with Gasteiger partial charge < -0.3 is 15.0 Å². The standard InChI is InChI=1S/C34H43N3O5S/c1-5-30(34(39)35-28-16-8-6-9-17-28)36(23-27-15-13-12-14-26(27)3)33(38)24-37(31-22-25(2)20-21-32(31)42-4)43(40,41)29-18-10-7-11-19-29/h7,10-15,18-22,28,30H,5-6,8-9,16-17,23-24H2,1-4H3,(H,35,39). The number of nitrogens with one attached hydrogen (secondary N) is 1. The molecular formula is C34H43N3O5S. The quantitative estimate of drug-likeness (QED) is 0.283. The molecule has 1 N–H and O–H groups in total.